The van der Waals surface area contributed by atoms with Crippen LogP contribution in [0.2, 0.25) is 0 Å². The molecule has 4 rings (SSSR count). The van der Waals surface area contributed by atoms with Gasteiger partial charge in [0.05, 0.1) is 24.6 Å². The molecule has 23 heavy (non-hydrogen) atoms. The van der Waals surface area contributed by atoms with Gasteiger partial charge in [0, 0.05) is 19.2 Å². The van der Waals surface area contributed by atoms with Gasteiger partial charge in [-0.25, -0.2) is 14.4 Å². The first-order valence-corrected chi connectivity index (χ1v) is 7.46. The molecule has 0 aliphatic carbocycles. The van der Waals surface area contributed by atoms with Gasteiger partial charge in [0.15, 0.2) is 0 Å². The van der Waals surface area contributed by atoms with E-state index >= 15 is 0 Å². The predicted octanol–water partition coefficient (Wildman–Crippen LogP) is 3.14. The topological polar surface area (TPSA) is 55.1 Å². The fourth-order valence-electron chi connectivity index (χ4n) is 2.74. The van der Waals surface area contributed by atoms with Crippen LogP contribution < -0.4 is 4.90 Å². The van der Waals surface area contributed by atoms with Crippen LogP contribution >= 0.6 is 0 Å². The zero-order valence-corrected chi connectivity index (χ0v) is 12.7. The largest absolute Gasteiger partial charge is 0.439 e. The first-order valence-electron chi connectivity index (χ1n) is 7.46. The highest BCUT2D eigenvalue weighted by Gasteiger charge is 2.23. The third-order valence-corrected chi connectivity index (χ3v) is 3.90. The van der Waals surface area contributed by atoms with Crippen LogP contribution in [0, 0.1) is 12.7 Å². The van der Waals surface area contributed by atoms with E-state index in [1.54, 1.807) is 6.07 Å². The molecule has 0 fully saturated rings. The summed E-state index contributed by atoms with van der Waals surface area (Å²) in [5.74, 6) is 0.949. The van der Waals surface area contributed by atoms with E-state index in [4.69, 9.17) is 4.42 Å². The van der Waals surface area contributed by atoms with Gasteiger partial charge in [-0.1, -0.05) is 0 Å². The standard InChI is InChI=1S/C17H15FN4O/c1-11-6-13(9-19-7-11)22-5-4-16-15(10-22)21-17(23-16)14-3-2-12(18)8-20-14/h2-3,6-9H,4-5,10H2,1H3. The summed E-state index contributed by atoms with van der Waals surface area (Å²) in [6, 6.07) is 5.05. The molecule has 1 aliphatic rings. The number of hydrogen-bond donors (Lipinski definition) is 0. The zero-order valence-electron chi connectivity index (χ0n) is 12.7. The fourth-order valence-corrected chi connectivity index (χ4v) is 2.74. The number of anilines is 1. The van der Waals surface area contributed by atoms with Gasteiger partial charge >= 0.3 is 0 Å². The van der Waals surface area contributed by atoms with Crippen molar-refractivity contribution in [2.24, 2.45) is 0 Å². The number of nitrogens with zero attached hydrogens (tertiary/aromatic N) is 4. The fraction of sp³-hybridized carbons (Fsp3) is 0.235. The first-order chi connectivity index (χ1) is 11.2. The summed E-state index contributed by atoms with van der Waals surface area (Å²) in [4.78, 5) is 15.0. The molecule has 0 aromatic carbocycles. The number of halogens is 1. The van der Waals surface area contributed by atoms with Gasteiger partial charge in [-0.2, -0.15) is 0 Å². The van der Waals surface area contributed by atoms with Crippen LogP contribution in [0.15, 0.2) is 41.2 Å². The molecular formula is C17H15FN4O. The molecule has 0 saturated carbocycles. The number of aryl methyl sites for hydroxylation is 1. The average Bonchev–Trinajstić information content (AvgIpc) is 2.98. The second-order valence-corrected chi connectivity index (χ2v) is 5.64. The van der Waals surface area contributed by atoms with E-state index in [9.17, 15) is 4.39 Å². The molecule has 6 heteroatoms. The second-order valence-electron chi connectivity index (χ2n) is 5.64. The van der Waals surface area contributed by atoms with Gasteiger partial charge < -0.3 is 9.32 Å². The van der Waals surface area contributed by atoms with E-state index in [0.29, 0.717) is 18.1 Å². The second kappa shape index (κ2) is 5.46. The van der Waals surface area contributed by atoms with Crippen LogP contribution in [0.25, 0.3) is 11.6 Å². The monoisotopic (exact) mass is 310 g/mol. The average molecular weight is 310 g/mol. The highest BCUT2D eigenvalue weighted by Crippen LogP contribution is 2.27. The smallest absolute Gasteiger partial charge is 0.245 e. The van der Waals surface area contributed by atoms with Gasteiger partial charge in [-0.15, -0.1) is 0 Å². The quantitative estimate of drug-likeness (QED) is 0.728. The predicted molar refractivity (Wildman–Crippen MR) is 83.4 cm³/mol. The molecular weight excluding hydrogens is 295 g/mol. The third-order valence-electron chi connectivity index (χ3n) is 3.90. The minimum atomic E-state index is -0.372. The van der Waals surface area contributed by atoms with Gasteiger partial charge in [0.25, 0.3) is 0 Å². The summed E-state index contributed by atoms with van der Waals surface area (Å²) in [5, 5.41) is 0. The SMILES string of the molecule is Cc1cncc(N2CCc3oc(-c4ccc(F)cn4)nc3C2)c1. The Morgan fingerprint density at radius 3 is 2.91 bits per heavy atom. The number of rotatable bonds is 2. The van der Waals surface area contributed by atoms with Crippen molar-refractivity contribution >= 4 is 5.69 Å². The minimum absolute atomic E-state index is 0.372. The molecule has 0 bridgehead atoms. The number of fused-ring (bicyclic) bond motifs is 1. The van der Waals surface area contributed by atoms with Gasteiger partial charge in [-0.3, -0.25) is 4.98 Å². The lowest BCUT2D eigenvalue weighted by molar-refractivity contribution is 0.497. The molecule has 5 nitrogen and oxygen atoms in total. The van der Waals surface area contributed by atoms with Crippen LogP contribution in [-0.2, 0) is 13.0 Å². The third kappa shape index (κ3) is 2.67. The Kier molecular flexibility index (Phi) is 3.29. The molecule has 0 atom stereocenters. The van der Waals surface area contributed by atoms with Crippen molar-refractivity contribution in [1.29, 1.82) is 0 Å². The Labute approximate surface area is 132 Å². The normalized spacial score (nSPS) is 13.9. The Balaban J connectivity index is 1.62. The van der Waals surface area contributed by atoms with Crippen molar-refractivity contribution < 1.29 is 8.81 Å². The summed E-state index contributed by atoms with van der Waals surface area (Å²) >= 11 is 0. The molecule has 0 spiro atoms. The Morgan fingerprint density at radius 2 is 2.13 bits per heavy atom. The van der Waals surface area contributed by atoms with Crippen molar-refractivity contribution in [2.75, 3.05) is 11.4 Å². The Morgan fingerprint density at radius 1 is 1.22 bits per heavy atom. The van der Waals surface area contributed by atoms with E-state index in [1.165, 1.54) is 12.3 Å². The highest BCUT2D eigenvalue weighted by molar-refractivity contribution is 5.51. The van der Waals surface area contributed by atoms with Crippen LogP contribution in [-0.4, -0.2) is 21.5 Å². The van der Waals surface area contributed by atoms with Gasteiger partial charge in [0.1, 0.15) is 23.0 Å². The maximum absolute atomic E-state index is 13.0. The van der Waals surface area contributed by atoms with Crippen molar-refractivity contribution in [3.05, 3.63) is 59.6 Å². The van der Waals surface area contributed by atoms with Crippen LogP contribution in [0.1, 0.15) is 17.0 Å². The van der Waals surface area contributed by atoms with E-state index in [-0.39, 0.29) is 5.82 Å². The summed E-state index contributed by atoms with van der Waals surface area (Å²) in [7, 11) is 0. The maximum atomic E-state index is 13.0. The van der Waals surface area contributed by atoms with Crippen LogP contribution in [0.5, 0.6) is 0 Å². The Hall–Kier alpha value is -2.76. The molecule has 4 heterocycles. The van der Waals surface area contributed by atoms with Crippen molar-refractivity contribution in [1.82, 2.24) is 15.0 Å². The zero-order chi connectivity index (χ0) is 15.8. The Bertz CT molecular complexity index is 844. The highest BCUT2D eigenvalue weighted by atomic mass is 19.1. The van der Waals surface area contributed by atoms with Crippen molar-refractivity contribution in [2.45, 2.75) is 19.9 Å². The molecule has 3 aromatic heterocycles. The number of hydrogen-bond acceptors (Lipinski definition) is 5. The lowest BCUT2D eigenvalue weighted by Gasteiger charge is -2.27. The van der Waals surface area contributed by atoms with Crippen LogP contribution in [0.4, 0.5) is 10.1 Å². The lowest BCUT2D eigenvalue weighted by atomic mass is 10.1. The summed E-state index contributed by atoms with van der Waals surface area (Å²) in [5.41, 5.74) is 3.66. The number of aromatic nitrogens is 3. The van der Waals surface area contributed by atoms with E-state index in [0.717, 1.165) is 35.7 Å². The number of oxazole rings is 1. The van der Waals surface area contributed by atoms with E-state index < -0.39 is 0 Å². The molecule has 0 saturated heterocycles. The number of pyridine rings is 2. The maximum Gasteiger partial charge on any atom is 0.245 e. The van der Waals surface area contributed by atoms with Gasteiger partial charge in [-0.05, 0) is 30.7 Å². The molecule has 0 radical (unpaired) electrons. The van der Waals surface area contributed by atoms with Crippen molar-refractivity contribution in [3.8, 4) is 11.6 Å². The van der Waals surface area contributed by atoms with Gasteiger partial charge in [0.2, 0.25) is 5.89 Å². The molecule has 3 aromatic rings. The minimum Gasteiger partial charge on any atom is -0.439 e. The summed E-state index contributed by atoms with van der Waals surface area (Å²) in [6.45, 7) is 3.55. The van der Waals surface area contributed by atoms with Crippen molar-refractivity contribution in [3.63, 3.8) is 0 Å². The molecule has 116 valence electrons. The van der Waals surface area contributed by atoms with E-state index in [2.05, 4.69) is 25.9 Å². The molecule has 0 unspecified atom stereocenters. The summed E-state index contributed by atoms with van der Waals surface area (Å²) < 4.78 is 18.8. The lowest BCUT2D eigenvalue weighted by Crippen LogP contribution is -2.30. The molecule has 1 aliphatic heterocycles. The molecule has 0 N–H and O–H groups in total. The van der Waals surface area contributed by atoms with Crippen LogP contribution in [0.3, 0.4) is 0 Å². The molecule has 0 amide bonds. The van der Waals surface area contributed by atoms with E-state index in [1.807, 2.05) is 19.3 Å². The summed E-state index contributed by atoms with van der Waals surface area (Å²) in [6.07, 6.45) is 5.65. The first kappa shape index (κ1) is 13.9.